The number of hydrogen-bond acceptors (Lipinski definition) is 2. The van der Waals surface area contributed by atoms with Gasteiger partial charge in [-0.05, 0) is 41.0 Å². The van der Waals surface area contributed by atoms with Crippen molar-refractivity contribution < 1.29 is 13.9 Å². The number of ether oxygens (including phenoxy) is 1. The Bertz CT molecular complexity index is 778. The summed E-state index contributed by atoms with van der Waals surface area (Å²) in [6.07, 6.45) is 9.11. The topological polar surface area (TPSA) is 29.5 Å². The molecule has 0 bridgehead atoms. The van der Waals surface area contributed by atoms with Crippen LogP contribution in [0.25, 0.3) is 10.8 Å². The van der Waals surface area contributed by atoms with Crippen LogP contribution < -0.4 is 4.74 Å². The van der Waals surface area contributed by atoms with Crippen molar-refractivity contribution in [2.24, 2.45) is 0 Å². The summed E-state index contributed by atoms with van der Waals surface area (Å²) in [7, 11) is 2.67. The molecule has 5 heteroatoms. The van der Waals surface area contributed by atoms with Gasteiger partial charge in [0.2, 0.25) is 0 Å². The van der Waals surface area contributed by atoms with Gasteiger partial charge < -0.3 is 9.64 Å². The van der Waals surface area contributed by atoms with Crippen LogP contribution in [0.1, 0.15) is 5.56 Å². The first-order valence-corrected chi connectivity index (χ1v) is 8.88. The van der Waals surface area contributed by atoms with E-state index in [1.54, 1.807) is 32.3 Å². The molecule has 0 aliphatic heterocycles. The second-order valence-corrected chi connectivity index (χ2v) is 7.53. The summed E-state index contributed by atoms with van der Waals surface area (Å²) in [6, 6.07) is 6.47. The van der Waals surface area contributed by atoms with Crippen molar-refractivity contribution in [2.75, 3.05) is 26.6 Å². The molecule has 0 saturated carbocycles. The van der Waals surface area contributed by atoms with Crippen molar-refractivity contribution in [1.29, 1.82) is 0 Å². The summed E-state index contributed by atoms with van der Waals surface area (Å²) in [6.45, 7) is 0. The number of carbonyl (C=O) groups is 1. The van der Waals surface area contributed by atoms with E-state index in [0.717, 1.165) is 15.7 Å². The summed E-state index contributed by atoms with van der Waals surface area (Å²) < 4.78 is 19.3. The molecule has 22 heavy (non-hydrogen) atoms. The fraction of sp³-hybridized carbons (Fsp3) is 0.235. The van der Waals surface area contributed by atoms with Gasteiger partial charge in [-0.15, -0.1) is 6.42 Å². The van der Waals surface area contributed by atoms with E-state index < -0.39 is 22.8 Å². The minimum Gasteiger partial charge on any atom is -0.410 e. The van der Waals surface area contributed by atoms with Crippen LogP contribution in [0, 0.1) is 18.2 Å². The van der Waals surface area contributed by atoms with Crippen LogP contribution in [0.15, 0.2) is 29.2 Å². The highest BCUT2D eigenvalue weighted by atomic mass is 32.2. The third kappa shape index (κ3) is 3.02. The molecule has 0 aromatic heterocycles. The van der Waals surface area contributed by atoms with Crippen LogP contribution in [0.3, 0.4) is 0 Å². The minimum atomic E-state index is -0.553. The number of terminal acetylenes is 1. The van der Waals surface area contributed by atoms with Gasteiger partial charge in [0.1, 0.15) is 11.6 Å². The van der Waals surface area contributed by atoms with Crippen LogP contribution in [0.2, 0.25) is 0 Å². The number of amides is 1. The Hall–Kier alpha value is -2.19. The first-order valence-electron chi connectivity index (χ1n) is 6.64. The molecule has 2 aromatic rings. The molecule has 0 radical (unpaired) electrons. The van der Waals surface area contributed by atoms with Gasteiger partial charge in [0, 0.05) is 19.5 Å². The number of thiol groups is 1. The van der Waals surface area contributed by atoms with Crippen molar-refractivity contribution in [2.45, 2.75) is 4.90 Å². The molecule has 0 spiro atoms. The number of fused-ring (bicyclic) bond motifs is 1. The summed E-state index contributed by atoms with van der Waals surface area (Å²) in [5.74, 6) is 2.46. The maximum atomic E-state index is 14.0. The Balaban J connectivity index is 2.69. The van der Waals surface area contributed by atoms with E-state index in [1.807, 2.05) is 12.5 Å². The predicted molar refractivity (Wildman–Crippen MR) is 90.7 cm³/mol. The predicted octanol–water partition coefficient (Wildman–Crippen LogP) is 3.64. The lowest BCUT2D eigenvalue weighted by Gasteiger charge is -2.18. The van der Waals surface area contributed by atoms with E-state index in [9.17, 15) is 9.18 Å². The molecule has 2 aromatic carbocycles. The van der Waals surface area contributed by atoms with E-state index in [0.29, 0.717) is 5.75 Å². The highest BCUT2D eigenvalue weighted by Gasteiger charge is 2.15. The zero-order valence-corrected chi connectivity index (χ0v) is 13.9. The number of benzene rings is 2. The number of halogens is 1. The number of rotatable bonds is 2. The SMILES string of the molecule is C#Cc1c(F)ccc2cc(OC(=O)N(C)C)cc([SH](C)C)c12. The number of carbonyl (C=O) groups excluding carboxylic acids is 1. The molecule has 2 rings (SSSR count). The molecule has 0 fully saturated rings. The number of nitrogens with zero attached hydrogens (tertiary/aromatic N) is 1. The summed E-state index contributed by atoms with van der Waals surface area (Å²) in [5.41, 5.74) is 0.259. The van der Waals surface area contributed by atoms with E-state index in [1.165, 1.54) is 11.0 Å². The van der Waals surface area contributed by atoms with Crippen LogP contribution in [0.4, 0.5) is 9.18 Å². The minimum absolute atomic E-state index is 0.259. The Kier molecular flexibility index (Phi) is 4.62. The molecule has 0 atom stereocenters. The van der Waals surface area contributed by atoms with Crippen molar-refractivity contribution in [3.05, 3.63) is 35.6 Å². The molecule has 0 saturated heterocycles. The van der Waals surface area contributed by atoms with Crippen LogP contribution >= 0.6 is 10.9 Å². The van der Waals surface area contributed by atoms with Gasteiger partial charge in [0.05, 0.1) is 5.56 Å². The van der Waals surface area contributed by atoms with Crippen molar-refractivity contribution in [3.63, 3.8) is 0 Å². The van der Waals surface area contributed by atoms with Crippen molar-refractivity contribution >= 4 is 27.8 Å². The second-order valence-electron chi connectivity index (χ2n) is 5.26. The molecule has 1 amide bonds. The molecular formula is C17H18FNO2S. The Morgan fingerprint density at radius 3 is 2.55 bits per heavy atom. The third-order valence-electron chi connectivity index (χ3n) is 3.22. The van der Waals surface area contributed by atoms with Crippen LogP contribution in [-0.4, -0.2) is 37.6 Å². The van der Waals surface area contributed by atoms with Gasteiger partial charge in [-0.1, -0.05) is 12.0 Å². The average Bonchev–Trinajstić information content (AvgIpc) is 2.46. The summed E-state index contributed by atoms with van der Waals surface area (Å²) >= 11 is 0. The highest BCUT2D eigenvalue weighted by molar-refractivity contribution is 8.16. The lowest BCUT2D eigenvalue weighted by atomic mass is 10.0. The van der Waals surface area contributed by atoms with Gasteiger partial charge in [0.15, 0.2) is 0 Å². The monoisotopic (exact) mass is 319 g/mol. The highest BCUT2D eigenvalue weighted by Crippen LogP contribution is 2.40. The lowest BCUT2D eigenvalue weighted by molar-refractivity contribution is 0.172. The van der Waals surface area contributed by atoms with Gasteiger partial charge >= 0.3 is 6.09 Å². The Morgan fingerprint density at radius 2 is 2.00 bits per heavy atom. The lowest BCUT2D eigenvalue weighted by Crippen LogP contribution is -2.25. The molecule has 0 heterocycles. The number of hydrogen-bond donors (Lipinski definition) is 1. The molecule has 0 N–H and O–H groups in total. The van der Waals surface area contributed by atoms with Gasteiger partial charge in [-0.25, -0.2) is 20.1 Å². The summed E-state index contributed by atoms with van der Waals surface area (Å²) in [4.78, 5) is 14.0. The van der Waals surface area contributed by atoms with Crippen molar-refractivity contribution in [1.82, 2.24) is 4.90 Å². The molecule has 0 unspecified atom stereocenters. The van der Waals surface area contributed by atoms with Gasteiger partial charge in [-0.3, -0.25) is 0 Å². The zero-order chi connectivity index (χ0) is 16.4. The summed E-state index contributed by atoms with van der Waals surface area (Å²) in [5, 5.41) is 1.49. The van der Waals surface area contributed by atoms with Crippen molar-refractivity contribution in [3.8, 4) is 18.1 Å². The standard InChI is InChI=1S/C17H18FNO2S/c1-6-13-14(18)8-7-11-9-12(21-17(20)19(2)3)10-15(16(11)13)22(4)5/h1,7-10,22H,2-5H3. The van der Waals surface area contributed by atoms with E-state index in [2.05, 4.69) is 5.92 Å². The van der Waals surface area contributed by atoms with E-state index in [4.69, 9.17) is 11.2 Å². The Morgan fingerprint density at radius 1 is 1.32 bits per heavy atom. The zero-order valence-electron chi connectivity index (χ0n) is 13.0. The first kappa shape index (κ1) is 16.2. The third-order valence-corrected chi connectivity index (χ3v) is 4.53. The van der Waals surface area contributed by atoms with Crippen LogP contribution in [0.5, 0.6) is 5.75 Å². The van der Waals surface area contributed by atoms with E-state index in [-0.39, 0.29) is 5.56 Å². The molecule has 116 valence electrons. The van der Waals surface area contributed by atoms with Crippen LogP contribution in [-0.2, 0) is 0 Å². The quantitative estimate of drug-likeness (QED) is 0.676. The fourth-order valence-corrected chi connectivity index (χ4v) is 3.21. The Labute approximate surface area is 132 Å². The maximum absolute atomic E-state index is 14.0. The van der Waals surface area contributed by atoms with Gasteiger partial charge in [0.25, 0.3) is 0 Å². The largest absolute Gasteiger partial charge is 0.414 e. The molecule has 3 nitrogen and oxygen atoms in total. The fourth-order valence-electron chi connectivity index (χ4n) is 2.14. The first-order chi connectivity index (χ1) is 10.3. The molecule has 0 aliphatic carbocycles. The molecule has 0 aliphatic rings. The molecular weight excluding hydrogens is 301 g/mol. The van der Waals surface area contributed by atoms with E-state index >= 15 is 0 Å². The normalized spacial score (nSPS) is 11.0. The average molecular weight is 319 g/mol. The smallest absolute Gasteiger partial charge is 0.410 e. The second kappa shape index (κ2) is 6.29. The van der Waals surface area contributed by atoms with Gasteiger partial charge in [-0.2, -0.15) is 0 Å². The maximum Gasteiger partial charge on any atom is 0.414 e.